The Morgan fingerprint density at radius 3 is 2.90 bits per heavy atom. The van der Waals surface area contributed by atoms with Crippen LogP contribution in [0.2, 0.25) is 0 Å². The van der Waals surface area contributed by atoms with E-state index in [0.717, 1.165) is 16.5 Å². The fraction of sp³-hybridized carbons (Fsp3) is 0.333. The molecule has 0 aliphatic rings. The number of nitrogens with one attached hydrogen (secondary N) is 2. The molecule has 106 valence electrons. The number of carbonyl (C=O) groups is 2. The van der Waals surface area contributed by atoms with Crippen molar-refractivity contribution in [3.63, 3.8) is 0 Å². The average Bonchev–Trinajstić information content (AvgIpc) is 2.86. The van der Waals surface area contributed by atoms with Gasteiger partial charge in [0.2, 0.25) is 0 Å². The summed E-state index contributed by atoms with van der Waals surface area (Å²) in [6.45, 7) is 2.14. The summed E-state index contributed by atoms with van der Waals surface area (Å²) in [5.74, 6) is -0.630. The lowest BCUT2D eigenvalue weighted by Crippen LogP contribution is -2.28. The van der Waals surface area contributed by atoms with E-state index in [2.05, 4.69) is 10.3 Å². The molecule has 2 N–H and O–H groups in total. The molecule has 0 aliphatic heterocycles. The van der Waals surface area contributed by atoms with Gasteiger partial charge in [0.25, 0.3) is 5.91 Å². The molecule has 0 radical (unpaired) electrons. The van der Waals surface area contributed by atoms with Crippen molar-refractivity contribution >= 4 is 22.8 Å². The minimum atomic E-state index is -0.360. The summed E-state index contributed by atoms with van der Waals surface area (Å²) in [4.78, 5) is 25.9. The number of likely N-dealkylation sites (N-methyl/N-ethyl adjacent to an activating group) is 1. The lowest BCUT2D eigenvalue weighted by molar-refractivity contribution is -0.148. The van der Waals surface area contributed by atoms with Crippen LogP contribution in [0.1, 0.15) is 18.9 Å². The van der Waals surface area contributed by atoms with Gasteiger partial charge in [-0.25, -0.2) is 0 Å². The number of ether oxygens (including phenoxy) is 1. The van der Waals surface area contributed by atoms with E-state index in [0.29, 0.717) is 13.0 Å². The number of aryl methyl sites for hydroxylation is 1. The molecular formula is C15H18N2O3. The van der Waals surface area contributed by atoms with Gasteiger partial charge in [0.05, 0.1) is 0 Å². The number of hydrogen-bond donors (Lipinski definition) is 2. The van der Waals surface area contributed by atoms with Gasteiger partial charge in [-0.1, -0.05) is 18.2 Å². The number of carbonyl (C=O) groups excluding carboxylic acids is 2. The quantitative estimate of drug-likeness (QED) is 0.789. The zero-order valence-corrected chi connectivity index (χ0v) is 11.4. The van der Waals surface area contributed by atoms with E-state index in [1.54, 1.807) is 0 Å². The van der Waals surface area contributed by atoms with Crippen LogP contribution in [-0.2, 0) is 20.7 Å². The molecule has 5 nitrogen and oxygen atoms in total. The minimum absolute atomic E-state index is 0.208. The number of rotatable bonds is 6. The van der Waals surface area contributed by atoms with E-state index >= 15 is 0 Å². The van der Waals surface area contributed by atoms with Crippen molar-refractivity contribution in [2.24, 2.45) is 0 Å². The van der Waals surface area contributed by atoms with Gasteiger partial charge in [-0.3, -0.25) is 9.59 Å². The predicted molar refractivity (Wildman–Crippen MR) is 76.3 cm³/mol. The Bertz CT molecular complexity index is 604. The third-order valence-corrected chi connectivity index (χ3v) is 3.01. The van der Waals surface area contributed by atoms with Crippen molar-refractivity contribution in [3.8, 4) is 0 Å². The SMILES string of the molecule is CCNC(=O)COC(=O)CCc1c[nH]c2ccccc12. The number of H-pyrrole nitrogens is 1. The molecule has 2 aromatic rings. The van der Waals surface area contributed by atoms with Crippen molar-refractivity contribution in [2.45, 2.75) is 19.8 Å². The molecule has 0 saturated heterocycles. The maximum absolute atomic E-state index is 11.6. The molecule has 1 heterocycles. The average molecular weight is 274 g/mol. The molecule has 0 saturated carbocycles. The Hall–Kier alpha value is -2.30. The van der Waals surface area contributed by atoms with Crippen LogP contribution < -0.4 is 5.32 Å². The van der Waals surface area contributed by atoms with Crippen LogP contribution in [0.5, 0.6) is 0 Å². The Balaban J connectivity index is 1.83. The largest absolute Gasteiger partial charge is 0.456 e. The molecule has 1 aromatic heterocycles. The monoisotopic (exact) mass is 274 g/mol. The van der Waals surface area contributed by atoms with Crippen molar-refractivity contribution in [1.82, 2.24) is 10.3 Å². The van der Waals surface area contributed by atoms with Gasteiger partial charge in [0.15, 0.2) is 6.61 Å². The molecule has 1 amide bonds. The van der Waals surface area contributed by atoms with Gasteiger partial charge in [0.1, 0.15) is 0 Å². The number of benzene rings is 1. The maximum atomic E-state index is 11.6. The lowest BCUT2D eigenvalue weighted by Gasteiger charge is -2.04. The summed E-state index contributed by atoms with van der Waals surface area (Å²) in [6.07, 6.45) is 2.77. The van der Waals surface area contributed by atoms with Crippen LogP contribution in [-0.4, -0.2) is 30.0 Å². The first kappa shape index (κ1) is 14.1. The first-order valence-electron chi connectivity index (χ1n) is 6.68. The van der Waals surface area contributed by atoms with Gasteiger partial charge in [0, 0.05) is 30.1 Å². The fourth-order valence-electron chi connectivity index (χ4n) is 2.04. The second-order valence-corrected chi connectivity index (χ2v) is 4.47. The molecule has 0 fully saturated rings. The summed E-state index contributed by atoms with van der Waals surface area (Å²) in [5, 5.41) is 3.69. The number of esters is 1. The predicted octanol–water partition coefficient (Wildman–Crippen LogP) is 1.78. The summed E-state index contributed by atoms with van der Waals surface area (Å²) >= 11 is 0. The number of aromatic nitrogens is 1. The third-order valence-electron chi connectivity index (χ3n) is 3.01. The Morgan fingerprint density at radius 2 is 2.10 bits per heavy atom. The van der Waals surface area contributed by atoms with E-state index in [1.807, 2.05) is 37.4 Å². The number of aromatic amines is 1. The highest BCUT2D eigenvalue weighted by atomic mass is 16.5. The van der Waals surface area contributed by atoms with E-state index in [-0.39, 0.29) is 24.9 Å². The van der Waals surface area contributed by atoms with E-state index in [9.17, 15) is 9.59 Å². The molecule has 2 rings (SSSR count). The van der Waals surface area contributed by atoms with Crippen LogP contribution in [0, 0.1) is 0 Å². The summed E-state index contributed by atoms with van der Waals surface area (Å²) < 4.78 is 4.91. The summed E-state index contributed by atoms with van der Waals surface area (Å²) in [7, 11) is 0. The molecule has 0 atom stereocenters. The van der Waals surface area contributed by atoms with Crippen molar-refractivity contribution in [1.29, 1.82) is 0 Å². The molecule has 0 bridgehead atoms. The molecule has 5 heteroatoms. The van der Waals surface area contributed by atoms with Crippen LogP contribution in [0.15, 0.2) is 30.5 Å². The Kier molecular flexibility index (Phi) is 4.76. The van der Waals surface area contributed by atoms with Gasteiger partial charge >= 0.3 is 5.97 Å². The van der Waals surface area contributed by atoms with Gasteiger partial charge in [-0.15, -0.1) is 0 Å². The number of fused-ring (bicyclic) bond motifs is 1. The molecule has 20 heavy (non-hydrogen) atoms. The second-order valence-electron chi connectivity index (χ2n) is 4.47. The number of amides is 1. The second kappa shape index (κ2) is 6.75. The summed E-state index contributed by atoms with van der Waals surface area (Å²) in [6, 6.07) is 7.93. The maximum Gasteiger partial charge on any atom is 0.306 e. The van der Waals surface area contributed by atoms with E-state index in [1.165, 1.54) is 0 Å². The van der Waals surface area contributed by atoms with Gasteiger partial charge in [-0.05, 0) is 25.0 Å². The minimum Gasteiger partial charge on any atom is -0.456 e. The highest BCUT2D eigenvalue weighted by Gasteiger charge is 2.09. The first-order chi connectivity index (χ1) is 9.70. The first-order valence-corrected chi connectivity index (χ1v) is 6.68. The van der Waals surface area contributed by atoms with Crippen LogP contribution in [0.3, 0.4) is 0 Å². The standard InChI is InChI=1S/C15H18N2O3/c1-2-16-14(18)10-20-15(19)8-7-11-9-17-13-6-4-3-5-12(11)13/h3-6,9,17H,2,7-8,10H2,1H3,(H,16,18). The van der Waals surface area contributed by atoms with Crippen LogP contribution in [0.25, 0.3) is 10.9 Å². The van der Waals surface area contributed by atoms with E-state index in [4.69, 9.17) is 4.74 Å². The van der Waals surface area contributed by atoms with Crippen LogP contribution >= 0.6 is 0 Å². The molecule has 1 aromatic carbocycles. The molecule has 0 unspecified atom stereocenters. The fourth-order valence-corrected chi connectivity index (χ4v) is 2.04. The van der Waals surface area contributed by atoms with Crippen molar-refractivity contribution < 1.29 is 14.3 Å². The lowest BCUT2D eigenvalue weighted by atomic mass is 10.1. The summed E-state index contributed by atoms with van der Waals surface area (Å²) in [5.41, 5.74) is 2.13. The smallest absolute Gasteiger partial charge is 0.306 e. The van der Waals surface area contributed by atoms with Gasteiger partial charge < -0.3 is 15.0 Å². The van der Waals surface area contributed by atoms with Crippen molar-refractivity contribution in [2.75, 3.05) is 13.2 Å². The van der Waals surface area contributed by atoms with E-state index < -0.39 is 0 Å². The van der Waals surface area contributed by atoms with Gasteiger partial charge in [-0.2, -0.15) is 0 Å². The highest BCUT2D eigenvalue weighted by Crippen LogP contribution is 2.18. The Morgan fingerprint density at radius 1 is 1.30 bits per heavy atom. The van der Waals surface area contributed by atoms with Crippen molar-refractivity contribution in [3.05, 3.63) is 36.0 Å². The number of para-hydroxylation sites is 1. The third kappa shape index (κ3) is 3.60. The molecular weight excluding hydrogens is 256 g/mol. The zero-order valence-electron chi connectivity index (χ0n) is 11.4. The molecule has 0 aliphatic carbocycles. The molecule has 0 spiro atoms. The normalized spacial score (nSPS) is 10.4. The Labute approximate surface area is 117 Å². The topological polar surface area (TPSA) is 71.2 Å². The zero-order chi connectivity index (χ0) is 14.4. The van der Waals surface area contributed by atoms with Crippen LogP contribution in [0.4, 0.5) is 0 Å². The number of hydrogen-bond acceptors (Lipinski definition) is 3. The highest BCUT2D eigenvalue weighted by molar-refractivity contribution is 5.84.